The van der Waals surface area contributed by atoms with E-state index in [1.165, 1.54) is 0 Å². The van der Waals surface area contributed by atoms with Gasteiger partial charge < -0.3 is 5.32 Å². The lowest BCUT2D eigenvalue weighted by Crippen LogP contribution is -2.29. The van der Waals surface area contributed by atoms with Crippen molar-refractivity contribution in [1.29, 1.82) is 0 Å². The standard InChI is InChI=1S/C12H18N2OS/c1-9-8-16-12(14-9)7-11(15)6-10-2-4-13-5-3-10/h8,10,13H,2-7H2,1H3. The van der Waals surface area contributed by atoms with E-state index in [4.69, 9.17) is 0 Å². The summed E-state index contributed by atoms with van der Waals surface area (Å²) in [5, 5.41) is 6.30. The smallest absolute Gasteiger partial charge is 0.139 e. The highest BCUT2D eigenvalue weighted by Gasteiger charge is 2.17. The lowest BCUT2D eigenvalue weighted by molar-refractivity contribution is -0.119. The number of nitrogens with zero attached hydrogens (tertiary/aromatic N) is 1. The molecule has 88 valence electrons. The summed E-state index contributed by atoms with van der Waals surface area (Å²) < 4.78 is 0. The third-order valence-electron chi connectivity index (χ3n) is 2.99. The Balaban J connectivity index is 1.79. The molecule has 1 N–H and O–H groups in total. The molecule has 2 rings (SSSR count). The highest BCUT2D eigenvalue weighted by Crippen LogP contribution is 2.18. The lowest BCUT2D eigenvalue weighted by Gasteiger charge is -2.21. The molecule has 4 heteroatoms. The number of carbonyl (C=O) groups is 1. The maximum Gasteiger partial charge on any atom is 0.139 e. The van der Waals surface area contributed by atoms with Gasteiger partial charge in [-0.25, -0.2) is 4.98 Å². The van der Waals surface area contributed by atoms with E-state index in [9.17, 15) is 4.79 Å². The number of Topliss-reactive ketones (excluding diaryl/α,β-unsaturated/α-hetero) is 1. The maximum absolute atomic E-state index is 11.8. The van der Waals surface area contributed by atoms with Gasteiger partial charge >= 0.3 is 0 Å². The Hall–Kier alpha value is -0.740. The SMILES string of the molecule is Cc1csc(CC(=O)CC2CCNCC2)n1. The van der Waals surface area contributed by atoms with Crippen LogP contribution in [0.1, 0.15) is 30.0 Å². The molecule has 0 radical (unpaired) electrons. The van der Waals surface area contributed by atoms with E-state index in [1.54, 1.807) is 11.3 Å². The van der Waals surface area contributed by atoms with Gasteiger partial charge in [0.15, 0.2) is 0 Å². The van der Waals surface area contributed by atoms with Crippen LogP contribution >= 0.6 is 11.3 Å². The number of ketones is 1. The number of hydrogen-bond acceptors (Lipinski definition) is 4. The van der Waals surface area contributed by atoms with Crippen LogP contribution in [0.5, 0.6) is 0 Å². The average molecular weight is 238 g/mol. The molecule has 0 unspecified atom stereocenters. The zero-order chi connectivity index (χ0) is 11.4. The summed E-state index contributed by atoms with van der Waals surface area (Å²) in [6.07, 6.45) is 3.55. The Morgan fingerprint density at radius 2 is 2.31 bits per heavy atom. The average Bonchev–Trinajstić information content (AvgIpc) is 2.65. The van der Waals surface area contributed by atoms with Crippen LogP contribution in [0.3, 0.4) is 0 Å². The number of carbonyl (C=O) groups excluding carboxylic acids is 1. The molecule has 0 aromatic carbocycles. The highest BCUT2D eigenvalue weighted by molar-refractivity contribution is 7.09. The van der Waals surface area contributed by atoms with Crippen molar-refractivity contribution in [3.63, 3.8) is 0 Å². The van der Waals surface area contributed by atoms with Gasteiger partial charge in [0.25, 0.3) is 0 Å². The number of aryl methyl sites for hydroxylation is 1. The molecule has 0 aliphatic carbocycles. The summed E-state index contributed by atoms with van der Waals surface area (Å²) in [7, 11) is 0. The predicted molar refractivity (Wildman–Crippen MR) is 65.8 cm³/mol. The van der Waals surface area contributed by atoms with Crippen molar-refractivity contribution in [3.05, 3.63) is 16.1 Å². The molecule has 0 bridgehead atoms. The molecular formula is C12H18N2OS. The largest absolute Gasteiger partial charge is 0.317 e. The molecule has 3 nitrogen and oxygen atoms in total. The van der Waals surface area contributed by atoms with Crippen LogP contribution in [-0.2, 0) is 11.2 Å². The van der Waals surface area contributed by atoms with Crippen molar-refractivity contribution in [2.75, 3.05) is 13.1 Å². The van der Waals surface area contributed by atoms with E-state index in [2.05, 4.69) is 10.3 Å². The van der Waals surface area contributed by atoms with Gasteiger partial charge in [-0.3, -0.25) is 4.79 Å². The van der Waals surface area contributed by atoms with Crippen LogP contribution < -0.4 is 5.32 Å². The van der Waals surface area contributed by atoms with Gasteiger partial charge in [0.1, 0.15) is 10.8 Å². The molecule has 16 heavy (non-hydrogen) atoms. The van der Waals surface area contributed by atoms with Gasteiger partial charge in [0, 0.05) is 17.5 Å². The lowest BCUT2D eigenvalue weighted by atomic mass is 9.92. The summed E-state index contributed by atoms with van der Waals surface area (Å²) in [6.45, 7) is 4.10. The molecule has 1 fully saturated rings. The molecular weight excluding hydrogens is 220 g/mol. The highest BCUT2D eigenvalue weighted by atomic mass is 32.1. The number of thiazole rings is 1. The monoisotopic (exact) mass is 238 g/mol. The molecule has 1 aromatic rings. The van der Waals surface area contributed by atoms with Crippen molar-refractivity contribution in [2.24, 2.45) is 5.92 Å². The molecule has 0 saturated carbocycles. The fourth-order valence-corrected chi connectivity index (χ4v) is 2.93. The quantitative estimate of drug-likeness (QED) is 0.872. The second-order valence-corrected chi connectivity index (χ2v) is 5.44. The van der Waals surface area contributed by atoms with E-state index in [0.29, 0.717) is 18.1 Å². The second kappa shape index (κ2) is 5.55. The minimum Gasteiger partial charge on any atom is -0.317 e. The number of rotatable bonds is 4. The van der Waals surface area contributed by atoms with Gasteiger partial charge in [-0.05, 0) is 38.8 Å². The zero-order valence-electron chi connectivity index (χ0n) is 9.66. The van der Waals surface area contributed by atoms with Crippen molar-refractivity contribution in [1.82, 2.24) is 10.3 Å². The number of nitrogens with one attached hydrogen (secondary N) is 1. The Labute approximate surface area is 100 Å². The first-order valence-corrected chi connectivity index (χ1v) is 6.75. The van der Waals surface area contributed by atoms with Crippen LogP contribution in [0.2, 0.25) is 0 Å². The Bertz CT molecular complexity index is 356. The topological polar surface area (TPSA) is 42.0 Å². The number of piperidine rings is 1. The maximum atomic E-state index is 11.8. The fraction of sp³-hybridized carbons (Fsp3) is 0.667. The molecule has 0 atom stereocenters. The van der Waals surface area contributed by atoms with E-state index in [0.717, 1.165) is 43.1 Å². The van der Waals surface area contributed by atoms with Crippen LogP contribution in [-0.4, -0.2) is 23.9 Å². The summed E-state index contributed by atoms with van der Waals surface area (Å²) in [6, 6.07) is 0. The van der Waals surface area contributed by atoms with Crippen molar-refractivity contribution in [3.8, 4) is 0 Å². The molecule has 0 spiro atoms. The van der Waals surface area contributed by atoms with Crippen LogP contribution in [0.4, 0.5) is 0 Å². The summed E-state index contributed by atoms with van der Waals surface area (Å²) >= 11 is 1.60. The number of hydrogen-bond donors (Lipinski definition) is 1. The van der Waals surface area contributed by atoms with E-state index in [-0.39, 0.29) is 0 Å². The Morgan fingerprint density at radius 3 is 2.94 bits per heavy atom. The fourth-order valence-electron chi connectivity index (χ4n) is 2.13. The predicted octanol–water partition coefficient (Wildman–Crippen LogP) is 1.95. The first-order chi connectivity index (χ1) is 7.74. The van der Waals surface area contributed by atoms with E-state index in [1.807, 2.05) is 12.3 Å². The van der Waals surface area contributed by atoms with E-state index < -0.39 is 0 Å². The molecule has 1 aliphatic rings. The summed E-state index contributed by atoms with van der Waals surface area (Å²) in [5.41, 5.74) is 1.02. The van der Waals surface area contributed by atoms with Crippen LogP contribution in [0.25, 0.3) is 0 Å². The van der Waals surface area contributed by atoms with Gasteiger partial charge in [-0.1, -0.05) is 0 Å². The van der Waals surface area contributed by atoms with Crippen LogP contribution in [0.15, 0.2) is 5.38 Å². The third kappa shape index (κ3) is 3.39. The zero-order valence-corrected chi connectivity index (χ0v) is 10.5. The number of aromatic nitrogens is 1. The molecule has 1 aromatic heterocycles. The Morgan fingerprint density at radius 1 is 1.56 bits per heavy atom. The molecule has 2 heterocycles. The van der Waals surface area contributed by atoms with Gasteiger partial charge in [0.2, 0.25) is 0 Å². The van der Waals surface area contributed by atoms with E-state index >= 15 is 0 Å². The first kappa shape index (κ1) is 11.7. The van der Waals surface area contributed by atoms with Gasteiger partial charge in [-0.15, -0.1) is 11.3 Å². The minimum absolute atomic E-state index is 0.348. The van der Waals surface area contributed by atoms with Gasteiger partial charge in [-0.2, -0.15) is 0 Å². The van der Waals surface area contributed by atoms with Gasteiger partial charge in [0.05, 0.1) is 6.42 Å². The van der Waals surface area contributed by atoms with Crippen molar-refractivity contribution < 1.29 is 4.79 Å². The Kier molecular flexibility index (Phi) is 4.07. The third-order valence-corrected chi connectivity index (χ3v) is 3.96. The second-order valence-electron chi connectivity index (χ2n) is 4.50. The van der Waals surface area contributed by atoms with Crippen LogP contribution in [0, 0.1) is 12.8 Å². The molecule has 1 saturated heterocycles. The van der Waals surface area contributed by atoms with Crippen molar-refractivity contribution >= 4 is 17.1 Å². The first-order valence-electron chi connectivity index (χ1n) is 5.87. The molecule has 0 amide bonds. The summed E-state index contributed by atoms with van der Waals surface area (Å²) in [4.78, 5) is 16.2. The summed E-state index contributed by atoms with van der Waals surface area (Å²) in [5.74, 6) is 0.941. The molecule has 1 aliphatic heterocycles. The van der Waals surface area contributed by atoms with Crippen molar-refractivity contribution in [2.45, 2.75) is 32.6 Å². The normalized spacial score (nSPS) is 17.6. The minimum atomic E-state index is 0.348.